The summed E-state index contributed by atoms with van der Waals surface area (Å²) < 4.78 is 42.8. The van der Waals surface area contributed by atoms with Gasteiger partial charge in [-0.3, -0.25) is 4.79 Å². The summed E-state index contributed by atoms with van der Waals surface area (Å²) in [6, 6.07) is 10.2. The Kier molecular flexibility index (Phi) is 7.24. The van der Waals surface area contributed by atoms with E-state index in [0.717, 1.165) is 0 Å². The summed E-state index contributed by atoms with van der Waals surface area (Å²) >= 11 is 0. The van der Waals surface area contributed by atoms with Gasteiger partial charge in [-0.15, -0.1) is 0 Å². The third kappa shape index (κ3) is 5.14. The Balaban J connectivity index is 2.03. The number of hydrogen-bond acceptors (Lipinski definition) is 6. The molecule has 0 aliphatic heterocycles. The molecule has 2 aromatic rings. The number of carbonyl (C=O) groups excluding carboxylic acids is 1. The van der Waals surface area contributed by atoms with Crippen molar-refractivity contribution in [3.8, 4) is 17.2 Å². The molecule has 9 heteroatoms. The van der Waals surface area contributed by atoms with Crippen LogP contribution in [0, 0.1) is 0 Å². The van der Waals surface area contributed by atoms with Crippen LogP contribution in [-0.2, 0) is 21.4 Å². The van der Waals surface area contributed by atoms with Gasteiger partial charge in [0.15, 0.2) is 11.5 Å². The minimum Gasteiger partial charge on any atom is -0.497 e. The zero-order chi connectivity index (χ0) is 20.7. The smallest absolute Gasteiger partial charge is 0.241 e. The summed E-state index contributed by atoms with van der Waals surface area (Å²) in [5.74, 6) is 1.12. The number of ether oxygens (including phenoxy) is 3. The lowest BCUT2D eigenvalue weighted by Gasteiger charge is -2.16. The molecule has 0 aromatic heterocycles. The molecule has 2 N–H and O–H groups in total. The van der Waals surface area contributed by atoms with Gasteiger partial charge in [-0.1, -0.05) is 12.1 Å². The summed E-state index contributed by atoms with van der Waals surface area (Å²) in [7, 11) is 0.677. The van der Waals surface area contributed by atoms with Gasteiger partial charge >= 0.3 is 0 Å². The van der Waals surface area contributed by atoms with Gasteiger partial charge in [-0.05, 0) is 37.3 Å². The maximum atomic E-state index is 12.4. The van der Waals surface area contributed by atoms with Crippen LogP contribution < -0.4 is 24.2 Å². The number of rotatable bonds is 9. The second-order valence-corrected chi connectivity index (χ2v) is 7.60. The molecule has 152 valence electrons. The third-order valence-electron chi connectivity index (χ3n) is 4.03. The molecule has 0 unspecified atom stereocenters. The second kappa shape index (κ2) is 9.43. The third-order valence-corrected chi connectivity index (χ3v) is 5.59. The predicted octanol–water partition coefficient (Wildman–Crippen LogP) is 1.70. The Morgan fingerprint density at radius 2 is 1.68 bits per heavy atom. The van der Waals surface area contributed by atoms with Crippen LogP contribution in [0.3, 0.4) is 0 Å². The predicted molar refractivity (Wildman–Crippen MR) is 104 cm³/mol. The average Bonchev–Trinajstić information content (AvgIpc) is 2.71. The number of hydrogen-bond donors (Lipinski definition) is 2. The van der Waals surface area contributed by atoms with Crippen LogP contribution in [0.15, 0.2) is 47.4 Å². The Morgan fingerprint density at radius 1 is 1.00 bits per heavy atom. The van der Waals surface area contributed by atoms with Gasteiger partial charge in [-0.2, -0.15) is 4.72 Å². The average molecular weight is 408 g/mol. The lowest BCUT2D eigenvalue weighted by molar-refractivity contribution is -0.122. The fourth-order valence-corrected chi connectivity index (χ4v) is 3.74. The van der Waals surface area contributed by atoms with Crippen molar-refractivity contribution in [1.29, 1.82) is 0 Å². The minimum atomic E-state index is -3.85. The van der Waals surface area contributed by atoms with Crippen LogP contribution in [-0.4, -0.2) is 41.7 Å². The van der Waals surface area contributed by atoms with Crippen LogP contribution in [0.2, 0.25) is 0 Å². The SMILES string of the molecule is COc1ccc(S(=O)(=O)N[C@@H](C)C(=O)NCc2cccc(OC)c2OC)cc1. The number of para-hydroxylation sites is 1. The van der Waals surface area contributed by atoms with Crippen molar-refractivity contribution in [2.45, 2.75) is 24.4 Å². The summed E-state index contributed by atoms with van der Waals surface area (Å²) in [6.07, 6.45) is 0. The molecule has 1 amide bonds. The molecule has 1 atom stereocenters. The van der Waals surface area contributed by atoms with Crippen LogP contribution in [0.25, 0.3) is 0 Å². The number of amides is 1. The Bertz CT molecular complexity index is 913. The largest absolute Gasteiger partial charge is 0.497 e. The second-order valence-electron chi connectivity index (χ2n) is 5.89. The summed E-state index contributed by atoms with van der Waals surface area (Å²) in [4.78, 5) is 12.4. The van der Waals surface area contributed by atoms with E-state index in [1.807, 2.05) is 0 Å². The number of nitrogens with one attached hydrogen (secondary N) is 2. The van der Waals surface area contributed by atoms with Crippen molar-refractivity contribution in [3.63, 3.8) is 0 Å². The molecule has 0 saturated heterocycles. The normalized spacial score (nSPS) is 12.1. The van der Waals surface area contributed by atoms with E-state index in [2.05, 4.69) is 10.0 Å². The van der Waals surface area contributed by atoms with Gasteiger partial charge in [0.25, 0.3) is 0 Å². The van der Waals surface area contributed by atoms with Crippen molar-refractivity contribution < 1.29 is 27.4 Å². The van der Waals surface area contributed by atoms with Crippen molar-refractivity contribution >= 4 is 15.9 Å². The molecular weight excluding hydrogens is 384 g/mol. The zero-order valence-corrected chi connectivity index (χ0v) is 17.0. The van der Waals surface area contributed by atoms with Gasteiger partial charge < -0.3 is 19.5 Å². The Hall–Kier alpha value is -2.78. The van der Waals surface area contributed by atoms with E-state index < -0.39 is 22.0 Å². The summed E-state index contributed by atoms with van der Waals surface area (Å²) in [5, 5.41) is 2.70. The fourth-order valence-electron chi connectivity index (χ4n) is 2.54. The van der Waals surface area contributed by atoms with Crippen LogP contribution in [0.4, 0.5) is 0 Å². The van der Waals surface area contributed by atoms with Gasteiger partial charge in [0.2, 0.25) is 15.9 Å². The van der Waals surface area contributed by atoms with E-state index in [4.69, 9.17) is 14.2 Å². The fraction of sp³-hybridized carbons (Fsp3) is 0.316. The first kappa shape index (κ1) is 21.5. The first-order valence-electron chi connectivity index (χ1n) is 8.46. The number of methoxy groups -OCH3 is 3. The maximum Gasteiger partial charge on any atom is 0.241 e. The Labute approximate surface area is 164 Å². The monoisotopic (exact) mass is 408 g/mol. The topological polar surface area (TPSA) is 103 Å². The lowest BCUT2D eigenvalue weighted by atomic mass is 10.1. The zero-order valence-electron chi connectivity index (χ0n) is 16.2. The van der Waals surface area contributed by atoms with Crippen molar-refractivity contribution in [1.82, 2.24) is 10.0 Å². The number of sulfonamides is 1. The van der Waals surface area contributed by atoms with Crippen molar-refractivity contribution in [3.05, 3.63) is 48.0 Å². The molecular formula is C19H24N2O6S. The standard InChI is InChI=1S/C19H24N2O6S/c1-13(21-28(23,24)16-10-8-15(25-2)9-11-16)19(22)20-12-14-6-5-7-17(26-3)18(14)27-4/h5-11,13,21H,12H2,1-4H3,(H,20,22)/t13-/m0/s1. The number of carbonyl (C=O) groups is 1. The van der Waals surface area contributed by atoms with Crippen molar-refractivity contribution in [2.24, 2.45) is 0 Å². The highest BCUT2D eigenvalue weighted by Gasteiger charge is 2.22. The molecule has 28 heavy (non-hydrogen) atoms. The van der Waals surface area contributed by atoms with E-state index in [-0.39, 0.29) is 11.4 Å². The van der Waals surface area contributed by atoms with Gasteiger partial charge in [0.1, 0.15) is 5.75 Å². The summed E-state index contributed by atoms with van der Waals surface area (Å²) in [5.41, 5.74) is 0.709. The van der Waals surface area contributed by atoms with E-state index in [0.29, 0.717) is 22.8 Å². The van der Waals surface area contributed by atoms with E-state index in [1.54, 1.807) is 18.2 Å². The highest BCUT2D eigenvalue weighted by Crippen LogP contribution is 2.30. The van der Waals surface area contributed by atoms with E-state index in [9.17, 15) is 13.2 Å². The molecule has 2 rings (SSSR count). The van der Waals surface area contributed by atoms with E-state index >= 15 is 0 Å². The quantitative estimate of drug-likeness (QED) is 0.655. The first-order chi connectivity index (χ1) is 13.3. The maximum absolute atomic E-state index is 12.4. The van der Waals surface area contributed by atoms with Gasteiger partial charge in [0.05, 0.1) is 32.3 Å². The molecule has 2 aromatic carbocycles. The van der Waals surface area contributed by atoms with Crippen molar-refractivity contribution in [2.75, 3.05) is 21.3 Å². The molecule has 0 spiro atoms. The Morgan fingerprint density at radius 3 is 2.25 bits per heavy atom. The highest BCUT2D eigenvalue weighted by molar-refractivity contribution is 7.89. The summed E-state index contributed by atoms with van der Waals surface area (Å²) in [6.45, 7) is 1.63. The van der Waals surface area contributed by atoms with Crippen LogP contribution >= 0.6 is 0 Å². The lowest BCUT2D eigenvalue weighted by Crippen LogP contribution is -2.44. The first-order valence-corrected chi connectivity index (χ1v) is 9.94. The number of benzene rings is 2. The van der Waals surface area contributed by atoms with Crippen LogP contribution in [0.5, 0.6) is 17.2 Å². The molecule has 0 fully saturated rings. The molecule has 0 radical (unpaired) electrons. The van der Waals surface area contributed by atoms with Gasteiger partial charge in [0, 0.05) is 12.1 Å². The van der Waals surface area contributed by atoms with E-state index in [1.165, 1.54) is 52.5 Å². The molecule has 0 aliphatic rings. The molecule has 8 nitrogen and oxygen atoms in total. The minimum absolute atomic E-state index is 0.0439. The molecule has 0 aliphatic carbocycles. The molecule has 0 bridgehead atoms. The molecule has 0 heterocycles. The van der Waals surface area contributed by atoms with Gasteiger partial charge in [-0.25, -0.2) is 8.42 Å². The molecule has 0 saturated carbocycles. The van der Waals surface area contributed by atoms with Crippen LogP contribution in [0.1, 0.15) is 12.5 Å². The highest BCUT2D eigenvalue weighted by atomic mass is 32.2.